The molecule has 0 fully saturated rings. The predicted octanol–water partition coefficient (Wildman–Crippen LogP) is 3.81. The Morgan fingerprint density at radius 3 is 3.11 bits per heavy atom. The van der Waals surface area contributed by atoms with Crippen LogP contribution < -0.4 is 5.32 Å². The molecule has 1 unspecified atom stereocenters. The molecule has 100 valence electrons. The molecule has 0 spiro atoms. The number of aryl methyl sites for hydroxylation is 1. The van der Waals surface area contributed by atoms with E-state index in [0.717, 1.165) is 30.6 Å². The smallest absolute Gasteiger partial charge is 0.121 e. The van der Waals surface area contributed by atoms with Gasteiger partial charge >= 0.3 is 0 Å². The molecule has 2 aromatic rings. The summed E-state index contributed by atoms with van der Waals surface area (Å²) in [6.45, 7) is 0.556. The Labute approximate surface area is 117 Å². The molecule has 0 radical (unpaired) electrons. The number of phenolic OH excluding ortho intramolecular Hbond substituents is 1. The zero-order valence-electron chi connectivity index (χ0n) is 10.5. The molecule has 0 saturated heterocycles. The van der Waals surface area contributed by atoms with E-state index >= 15 is 0 Å². The minimum absolute atomic E-state index is 0.239. The van der Waals surface area contributed by atoms with Crippen LogP contribution in [0.1, 0.15) is 35.8 Å². The summed E-state index contributed by atoms with van der Waals surface area (Å²) in [6.07, 6.45) is 4.96. The van der Waals surface area contributed by atoms with Crippen molar-refractivity contribution in [2.75, 3.05) is 0 Å². The van der Waals surface area contributed by atoms with Crippen LogP contribution in [0.3, 0.4) is 0 Å². The van der Waals surface area contributed by atoms with Gasteiger partial charge in [-0.2, -0.15) is 0 Å². The zero-order valence-corrected chi connectivity index (χ0v) is 11.3. The molecule has 1 aliphatic rings. The van der Waals surface area contributed by atoms with E-state index < -0.39 is 0 Å². The number of fused-ring (bicyclic) bond motifs is 1. The highest BCUT2D eigenvalue weighted by atomic mass is 35.5. The van der Waals surface area contributed by atoms with E-state index in [4.69, 9.17) is 16.0 Å². The van der Waals surface area contributed by atoms with Crippen LogP contribution in [0.4, 0.5) is 0 Å². The van der Waals surface area contributed by atoms with Gasteiger partial charge in [-0.3, -0.25) is 0 Å². The lowest BCUT2D eigenvalue weighted by molar-refractivity contribution is 0.405. The normalized spacial score (nSPS) is 18.3. The maximum Gasteiger partial charge on any atom is 0.121 e. The maximum atomic E-state index is 9.83. The van der Waals surface area contributed by atoms with Crippen molar-refractivity contribution >= 4 is 11.6 Å². The highest BCUT2D eigenvalue weighted by Gasteiger charge is 2.22. The Bertz CT molecular complexity index is 559. The first kappa shape index (κ1) is 12.6. The fourth-order valence-electron chi connectivity index (χ4n) is 2.65. The third kappa shape index (κ3) is 2.48. The molecule has 1 heterocycles. The average molecular weight is 278 g/mol. The van der Waals surface area contributed by atoms with Crippen molar-refractivity contribution in [3.05, 3.63) is 52.4 Å². The average Bonchev–Trinajstić information content (AvgIpc) is 2.87. The van der Waals surface area contributed by atoms with Crippen molar-refractivity contribution in [3.63, 3.8) is 0 Å². The first-order chi connectivity index (χ1) is 9.25. The summed E-state index contributed by atoms with van der Waals surface area (Å²) >= 11 is 6.11. The molecule has 4 heteroatoms. The summed E-state index contributed by atoms with van der Waals surface area (Å²) in [5, 5.41) is 13.9. The Kier molecular flexibility index (Phi) is 3.49. The van der Waals surface area contributed by atoms with Gasteiger partial charge in [0.1, 0.15) is 11.5 Å². The highest BCUT2D eigenvalue weighted by molar-refractivity contribution is 6.31. The molecule has 3 nitrogen and oxygen atoms in total. The van der Waals surface area contributed by atoms with Crippen LogP contribution in [0.5, 0.6) is 5.75 Å². The SMILES string of the molecule is Oc1cccc(Cl)c1CNC1CCCc2occc21. The van der Waals surface area contributed by atoms with E-state index in [1.54, 1.807) is 24.5 Å². The number of phenols is 1. The molecule has 0 aliphatic heterocycles. The molecule has 1 aromatic heterocycles. The van der Waals surface area contributed by atoms with Crippen LogP contribution >= 0.6 is 11.6 Å². The minimum Gasteiger partial charge on any atom is -0.508 e. The molecule has 0 bridgehead atoms. The summed E-state index contributed by atoms with van der Waals surface area (Å²) in [7, 11) is 0. The van der Waals surface area contributed by atoms with E-state index in [2.05, 4.69) is 5.32 Å². The molecule has 1 atom stereocenters. The molecular formula is C15H16ClNO2. The molecular weight excluding hydrogens is 262 g/mol. The van der Waals surface area contributed by atoms with Gasteiger partial charge in [0, 0.05) is 35.2 Å². The lowest BCUT2D eigenvalue weighted by atomic mass is 9.93. The van der Waals surface area contributed by atoms with Gasteiger partial charge in [0.15, 0.2) is 0 Å². The van der Waals surface area contributed by atoms with E-state index in [1.165, 1.54) is 5.56 Å². The lowest BCUT2D eigenvalue weighted by Gasteiger charge is -2.23. The Morgan fingerprint density at radius 2 is 2.26 bits per heavy atom. The summed E-state index contributed by atoms with van der Waals surface area (Å²) in [6, 6.07) is 7.50. The van der Waals surface area contributed by atoms with Gasteiger partial charge in [-0.25, -0.2) is 0 Å². The summed E-state index contributed by atoms with van der Waals surface area (Å²) in [5.41, 5.74) is 1.98. The van der Waals surface area contributed by atoms with E-state index in [0.29, 0.717) is 11.6 Å². The van der Waals surface area contributed by atoms with Gasteiger partial charge in [-0.1, -0.05) is 17.7 Å². The largest absolute Gasteiger partial charge is 0.508 e. The van der Waals surface area contributed by atoms with Crippen molar-refractivity contribution in [1.29, 1.82) is 0 Å². The number of furan rings is 1. The molecule has 0 amide bonds. The second-order valence-electron chi connectivity index (χ2n) is 4.86. The quantitative estimate of drug-likeness (QED) is 0.897. The number of benzene rings is 1. The van der Waals surface area contributed by atoms with E-state index in [1.807, 2.05) is 6.07 Å². The van der Waals surface area contributed by atoms with Crippen LogP contribution in [0.15, 0.2) is 34.9 Å². The summed E-state index contributed by atoms with van der Waals surface area (Å²) < 4.78 is 5.47. The van der Waals surface area contributed by atoms with Gasteiger partial charge < -0.3 is 14.8 Å². The molecule has 1 aromatic carbocycles. The topological polar surface area (TPSA) is 45.4 Å². The van der Waals surface area contributed by atoms with Crippen LogP contribution in [-0.2, 0) is 13.0 Å². The predicted molar refractivity (Wildman–Crippen MR) is 74.3 cm³/mol. The summed E-state index contributed by atoms with van der Waals surface area (Å²) in [4.78, 5) is 0. The fourth-order valence-corrected chi connectivity index (χ4v) is 2.88. The molecule has 19 heavy (non-hydrogen) atoms. The first-order valence-electron chi connectivity index (χ1n) is 6.51. The number of halogens is 1. The van der Waals surface area contributed by atoms with Gasteiger partial charge in [-0.15, -0.1) is 0 Å². The second-order valence-corrected chi connectivity index (χ2v) is 5.27. The number of rotatable bonds is 3. The van der Waals surface area contributed by atoms with Crippen molar-refractivity contribution in [2.24, 2.45) is 0 Å². The number of nitrogens with one attached hydrogen (secondary N) is 1. The number of hydrogen-bond acceptors (Lipinski definition) is 3. The molecule has 3 rings (SSSR count). The zero-order chi connectivity index (χ0) is 13.2. The van der Waals surface area contributed by atoms with Crippen molar-refractivity contribution in [1.82, 2.24) is 5.32 Å². The second kappa shape index (κ2) is 5.27. The van der Waals surface area contributed by atoms with E-state index in [9.17, 15) is 5.11 Å². The lowest BCUT2D eigenvalue weighted by Crippen LogP contribution is -2.24. The van der Waals surface area contributed by atoms with Gasteiger partial charge in [0.2, 0.25) is 0 Å². The molecule has 1 aliphatic carbocycles. The first-order valence-corrected chi connectivity index (χ1v) is 6.89. The third-order valence-electron chi connectivity index (χ3n) is 3.67. The van der Waals surface area contributed by atoms with Crippen LogP contribution in [0, 0.1) is 0 Å². The van der Waals surface area contributed by atoms with Crippen molar-refractivity contribution in [2.45, 2.75) is 31.8 Å². The van der Waals surface area contributed by atoms with E-state index in [-0.39, 0.29) is 11.8 Å². The highest BCUT2D eigenvalue weighted by Crippen LogP contribution is 2.32. The number of aromatic hydroxyl groups is 1. The monoisotopic (exact) mass is 277 g/mol. The standard InChI is InChI=1S/C15H16ClNO2/c16-12-3-1-5-14(18)11(12)9-17-13-4-2-6-15-10(13)7-8-19-15/h1,3,5,7-8,13,17-18H,2,4,6,9H2. The van der Waals surface area contributed by atoms with Crippen LogP contribution in [0.25, 0.3) is 0 Å². The van der Waals surface area contributed by atoms with Gasteiger partial charge in [0.25, 0.3) is 0 Å². The van der Waals surface area contributed by atoms with Crippen molar-refractivity contribution in [3.8, 4) is 5.75 Å². The molecule has 0 saturated carbocycles. The Balaban J connectivity index is 1.74. The van der Waals surface area contributed by atoms with Gasteiger partial charge in [-0.05, 0) is 31.0 Å². The minimum atomic E-state index is 0.239. The Morgan fingerprint density at radius 1 is 1.37 bits per heavy atom. The fraction of sp³-hybridized carbons (Fsp3) is 0.333. The van der Waals surface area contributed by atoms with Gasteiger partial charge in [0.05, 0.1) is 6.26 Å². The maximum absolute atomic E-state index is 9.83. The van der Waals surface area contributed by atoms with Crippen LogP contribution in [0.2, 0.25) is 5.02 Å². The van der Waals surface area contributed by atoms with Crippen LogP contribution in [-0.4, -0.2) is 5.11 Å². The number of hydrogen-bond donors (Lipinski definition) is 2. The Hall–Kier alpha value is -1.45. The third-order valence-corrected chi connectivity index (χ3v) is 4.03. The molecule has 2 N–H and O–H groups in total. The summed E-state index contributed by atoms with van der Waals surface area (Å²) in [5.74, 6) is 1.32. The van der Waals surface area contributed by atoms with Crippen molar-refractivity contribution < 1.29 is 9.52 Å².